The standard InChI is InChI=1S/C10H11BrN2S2/c1-7(8-2-3-9(11)15-8)13-6-10-12-4-5-14-10/h2-5,7,13H,6H2,1H3. The summed E-state index contributed by atoms with van der Waals surface area (Å²) >= 11 is 6.93. The molecule has 1 atom stereocenters. The van der Waals surface area contributed by atoms with Crippen LogP contribution in [-0.4, -0.2) is 4.98 Å². The van der Waals surface area contributed by atoms with Crippen molar-refractivity contribution in [1.29, 1.82) is 0 Å². The molecule has 2 rings (SSSR count). The first-order valence-corrected chi connectivity index (χ1v) is 7.11. The van der Waals surface area contributed by atoms with E-state index in [9.17, 15) is 0 Å². The fraction of sp³-hybridized carbons (Fsp3) is 0.300. The summed E-state index contributed by atoms with van der Waals surface area (Å²) in [7, 11) is 0. The van der Waals surface area contributed by atoms with Gasteiger partial charge >= 0.3 is 0 Å². The van der Waals surface area contributed by atoms with Crippen LogP contribution < -0.4 is 5.32 Å². The molecule has 15 heavy (non-hydrogen) atoms. The van der Waals surface area contributed by atoms with Crippen molar-refractivity contribution in [2.45, 2.75) is 19.5 Å². The fourth-order valence-electron chi connectivity index (χ4n) is 1.24. The molecule has 2 aromatic heterocycles. The van der Waals surface area contributed by atoms with E-state index in [1.54, 1.807) is 22.7 Å². The highest BCUT2D eigenvalue weighted by atomic mass is 79.9. The van der Waals surface area contributed by atoms with Crippen molar-refractivity contribution < 1.29 is 0 Å². The molecule has 0 fully saturated rings. The van der Waals surface area contributed by atoms with Gasteiger partial charge in [-0.3, -0.25) is 0 Å². The molecular formula is C10H11BrN2S2. The van der Waals surface area contributed by atoms with Crippen molar-refractivity contribution in [1.82, 2.24) is 10.3 Å². The van der Waals surface area contributed by atoms with Crippen molar-refractivity contribution in [3.05, 3.63) is 37.4 Å². The van der Waals surface area contributed by atoms with Gasteiger partial charge in [-0.25, -0.2) is 4.98 Å². The van der Waals surface area contributed by atoms with Gasteiger partial charge in [-0.1, -0.05) is 0 Å². The summed E-state index contributed by atoms with van der Waals surface area (Å²) in [5.41, 5.74) is 0. The topological polar surface area (TPSA) is 24.9 Å². The zero-order valence-corrected chi connectivity index (χ0v) is 11.5. The van der Waals surface area contributed by atoms with Gasteiger partial charge in [0.2, 0.25) is 0 Å². The van der Waals surface area contributed by atoms with Crippen molar-refractivity contribution in [3.8, 4) is 0 Å². The first kappa shape index (κ1) is 11.3. The Bertz CT molecular complexity index is 411. The first-order valence-electron chi connectivity index (χ1n) is 4.62. The Morgan fingerprint density at radius 3 is 3.00 bits per heavy atom. The monoisotopic (exact) mass is 302 g/mol. The maximum atomic E-state index is 4.24. The molecule has 0 radical (unpaired) electrons. The molecule has 2 heterocycles. The summed E-state index contributed by atoms with van der Waals surface area (Å²) in [5.74, 6) is 0. The molecular weight excluding hydrogens is 292 g/mol. The fourth-order valence-corrected chi connectivity index (χ4v) is 3.26. The summed E-state index contributed by atoms with van der Waals surface area (Å²) in [6.07, 6.45) is 1.84. The van der Waals surface area contributed by atoms with E-state index in [1.807, 2.05) is 11.6 Å². The molecule has 0 saturated heterocycles. The Labute approximate surface area is 106 Å². The number of thiazole rings is 1. The quantitative estimate of drug-likeness (QED) is 0.929. The minimum absolute atomic E-state index is 0.380. The zero-order chi connectivity index (χ0) is 10.7. The maximum absolute atomic E-state index is 4.24. The zero-order valence-electron chi connectivity index (χ0n) is 8.24. The summed E-state index contributed by atoms with van der Waals surface area (Å²) < 4.78 is 1.18. The van der Waals surface area contributed by atoms with Crippen LogP contribution in [0.15, 0.2) is 27.5 Å². The van der Waals surface area contributed by atoms with Crippen LogP contribution >= 0.6 is 38.6 Å². The van der Waals surface area contributed by atoms with Gasteiger partial charge in [0.15, 0.2) is 0 Å². The third-order valence-electron chi connectivity index (χ3n) is 2.06. The number of nitrogens with zero attached hydrogens (tertiary/aromatic N) is 1. The van der Waals surface area contributed by atoms with E-state index < -0.39 is 0 Å². The van der Waals surface area contributed by atoms with E-state index in [1.165, 1.54) is 8.66 Å². The molecule has 2 nitrogen and oxygen atoms in total. The predicted molar refractivity (Wildman–Crippen MR) is 69.4 cm³/mol. The van der Waals surface area contributed by atoms with E-state index in [-0.39, 0.29) is 0 Å². The Morgan fingerprint density at radius 2 is 2.40 bits per heavy atom. The highest BCUT2D eigenvalue weighted by molar-refractivity contribution is 9.11. The van der Waals surface area contributed by atoms with Gasteiger partial charge in [-0.05, 0) is 35.0 Å². The van der Waals surface area contributed by atoms with Gasteiger partial charge in [0.05, 0.1) is 3.79 Å². The molecule has 0 spiro atoms. The number of halogens is 1. The van der Waals surface area contributed by atoms with Crippen molar-refractivity contribution >= 4 is 38.6 Å². The van der Waals surface area contributed by atoms with Crippen molar-refractivity contribution in [2.24, 2.45) is 0 Å². The van der Waals surface area contributed by atoms with E-state index in [2.05, 4.69) is 45.3 Å². The Kier molecular flexibility index (Phi) is 3.91. The number of rotatable bonds is 4. The summed E-state index contributed by atoms with van der Waals surface area (Å²) in [6, 6.07) is 4.61. The first-order chi connectivity index (χ1) is 7.25. The predicted octanol–water partition coefficient (Wildman–Crippen LogP) is 3.82. The molecule has 0 aliphatic rings. The van der Waals surface area contributed by atoms with Crippen LogP contribution in [0.25, 0.3) is 0 Å². The number of hydrogen-bond acceptors (Lipinski definition) is 4. The van der Waals surface area contributed by atoms with Gasteiger partial charge < -0.3 is 5.32 Å². The lowest BCUT2D eigenvalue weighted by atomic mass is 10.3. The Hall–Kier alpha value is -0.230. The van der Waals surface area contributed by atoms with Crippen LogP contribution in [0, 0.1) is 0 Å². The van der Waals surface area contributed by atoms with E-state index in [0.29, 0.717) is 6.04 Å². The molecule has 1 unspecified atom stereocenters. The van der Waals surface area contributed by atoms with Crippen LogP contribution in [0.3, 0.4) is 0 Å². The third-order valence-corrected chi connectivity index (χ3v) is 4.65. The smallest absolute Gasteiger partial charge is 0.106 e. The highest BCUT2D eigenvalue weighted by Crippen LogP contribution is 2.27. The van der Waals surface area contributed by atoms with Crippen LogP contribution in [0.2, 0.25) is 0 Å². The SMILES string of the molecule is CC(NCc1nccs1)c1ccc(Br)s1. The van der Waals surface area contributed by atoms with Gasteiger partial charge in [-0.2, -0.15) is 0 Å². The molecule has 0 aliphatic heterocycles. The Morgan fingerprint density at radius 1 is 1.53 bits per heavy atom. The van der Waals surface area contributed by atoms with Crippen LogP contribution in [0.1, 0.15) is 22.9 Å². The lowest BCUT2D eigenvalue weighted by Crippen LogP contribution is -2.16. The number of thiophene rings is 1. The minimum atomic E-state index is 0.380. The normalized spacial score (nSPS) is 12.9. The maximum Gasteiger partial charge on any atom is 0.106 e. The molecule has 2 aromatic rings. The number of hydrogen-bond donors (Lipinski definition) is 1. The van der Waals surface area contributed by atoms with Gasteiger partial charge in [0.25, 0.3) is 0 Å². The van der Waals surface area contributed by atoms with E-state index in [4.69, 9.17) is 0 Å². The van der Waals surface area contributed by atoms with Crippen LogP contribution in [-0.2, 0) is 6.54 Å². The van der Waals surface area contributed by atoms with E-state index in [0.717, 1.165) is 11.6 Å². The van der Waals surface area contributed by atoms with Crippen molar-refractivity contribution in [3.63, 3.8) is 0 Å². The lowest BCUT2D eigenvalue weighted by molar-refractivity contribution is 0.581. The van der Waals surface area contributed by atoms with Gasteiger partial charge in [-0.15, -0.1) is 22.7 Å². The second-order valence-electron chi connectivity index (χ2n) is 3.17. The molecule has 0 saturated carbocycles. The summed E-state index contributed by atoms with van der Waals surface area (Å²) in [6.45, 7) is 3.01. The molecule has 80 valence electrons. The summed E-state index contributed by atoms with van der Waals surface area (Å²) in [4.78, 5) is 5.58. The minimum Gasteiger partial charge on any atom is -0.303 e. The largest absolute Gasteiger partial charge is 0.303 e. The Balaban J connectivity index is 1.90. The molecule has 0 bridgehead atoms. The number of nitrogens with one attached hydrogen (secondary N) is 1. The number of aromatic nitrogens is 1. The average Bonchev–Trinajstić information content (AvgIpc) is 2.84. The van der Waals surface area contributed by atoms with Crippen LogP contribution in [0.4, 0.5) is 0 Å². The van der Waals surface area contributed by atoms with Crippen LogP contribution in [0.5, 0.6) is 0 Å². The molecule has 1 N–H and O–H groups in total. The van der Waals surface area contributed by atoms with E-state index >= 15 is 0 Å². The molecule has 0 aromatic carbocycles. The second kappa shape index (κ2) is 5.21. The summed E-state index contributed by atoms with van der Waals surface area (Å²) in [5, 5.41) is 6.59. The second-order valence-corrected chi connectivity index (χ2v) is 6.64. The average molecular weight is 303 g/mol. The van der Waals surface area contributed by atoms with Gasteiger partial charge in [0, 0.05) is 29.0 Å². The lowest BCUT2D eigenvalue weighted by Gasteiger charge is -2.10. The highest BCUT2D eigenvalue weighted by Gasteiger charge is 2.07. The molecule has 0 aliphatic carbocycles. The third kappa shape index (κ3) is 3.11. The molecule has 5 heteroatoms. The van der Waals surface area contributed by atoms with Crippen molar-refractivity contribution in [2.75, 3.05) is 0 Å². The molecule has 0 amide bonds. The van der Waals surface area contributed by atoms with Gasteiger partial charge in [0.1, 0.15) is 5.01 Å².